The number of hydrogen-bond acceptors (Lipinski definition) is 3. The van der Waals surface area contributed by atoms with E-state index >= 15 is 0 Å². The molecule has 1 amide bonds. The van der Waals surface area contributed by atoms with E-state index in [2.05, 4.69) is 0 Å². The lowest BCUT2D eigenvalue weighted by Crippen LogP contribution is -2.29. The average molecular weight is 438 g/mol. The van der Waals surface area contributed by atoms with Gasteiger partial charge in [-0.1, -0.05) is 71.7 Å². The molecule has 4 nitrogen and oxygen atoms in total. The van der Waals surface area contributed by atoms with E-state index in [1.165, 1.54) is 4.90 Å². The minimum Gasteiger partial charge on any atom is -0.507 e. The lowest BCUT2D eigenvalue weighted by molar-refractivity contribution is -0.132. The van der Waals surface area contributed by atoms with Gasteiger partial charge in [-0.05, 0) is 42.3 Å². The van der Waals surface area contributed by atoms with E-state index < -0.39 is 17.7 Å². The van der Waals surface area contributed by atoms with Gasteiger partial charge in [0.2, 0.25) is 0 Å². The number of anilines is 1. The Bertz CT molecular complexity index is 1190. The summed E-state index contributed by atoms with van der Waals surface area (Å²) in [6, 6.07) is 20.0. The van der Waals surface area contributed by atoms with Gasteiger partial charge in [-0.25, -0.2) is 0 Å². The summed E-state index contributed by atoms with van der Waals surface area (Å²) in [5.41, 5.74) is 2.52. The van der Waals surface area contributed by atoms with Crippen LogP contribution in [0.1, 0.15) is 22.7 Å². The predicted octanol–water partition coefficient (Wildman–Crippen LogP) is 5.93. The van der Waals surface area contributed by atoms with Gasteiger partial charge in [0, 0.05) is 11.3 Å². The van der Waals surface area contributed by atoms with Crippen LogP contribution in [-0.4, -0.2) is 16.8 Å². The van der Waals surface area contributed by atoms with Crippen LogP contribution >= 0.6 is 23.2 Å². The van der Waals surface area contributed by atoms with Gasteiger partial charge < -0.3 is 5.11 Å². The quantitative estimate of drug-likeness (QED) is 0.313. The molecule has 1 fully saturated rings. The molecule has 0 bridgehead atoms. The molecule has 6 heteroatoms. The van der Waals surface area contributed by atoms with E-state index in [1.54, 1.807) is 54.6 Å². The van der Waals surface area contributed by atoms with Gasteiger partial charge in [0.25, 0.3) is 11.7 Å². The first-order valence-corrected chi connectivity index (χ1v) is 10.0. The van der Waals surface area contributed by atoms with Gasteiger partial charge >= 0.3 is 0 Å². The SMILES string of the molecule is Cc1cccc(N2C(=O)C(=O)/C(=C(\O)c3ccccc3)C2c2ccc(Cl)c(Cl)c2)c1. The highest BCUT2D eigenvalue weighted by atomic mass is 35.5. The van der Waals surface area contributed by atoms with Gasteiger partial charge in [0.05, 0.1) is 21.7 Å². The van der Waals surface area contributed by atoms with Crippen LogP contribution < -0.4 is 4.90 Å². The molecular weight excluding hydrogens is 421 g/mol. The zero-order valence-electron chi connectivity index (χ0n) is 16.0. The van der Waals surface area contributed by atoms with Gasteiger partial charge in [0.15, 0.2) is 0 Å². The van der Waals surface area contributed by atoms with Crippen LogP contribution in [0.5, 0.6) is 0 Å². The molecule has 4 rings (SSSR count). The molecule has 1 aliphatic heterocycles. The lowest BCUT2D eigenvalue weighted by atomic mass is 9.95. The highest BCUT2D eigenvalue weighted by Crippen LogP contribution is 2.43. The minimum atomic E-state index is -0.846. The maximum absolute atomic E-state index is 13.1. The molecule has 1 aliphatic rings. The summed E-state index contributed by atoms with van der Waals surface area (Å²) in [7, 11) is 0. The zero-order chi connectivity index (χ0) is 21.4. The van der Waals surface area contributed by atoms with Crippen LogP contribution in [0.25, 0.3) is 5.76 Å². The first-order valence-electron chi connectivity index (χ1n) is 9.26. The molecule has 150 valence electrons. The molecule has 0 spiro atoms. The molecule has 30 heavy (non-hydrogen) atoms. The van der Waals surface area contributed by atoms with E-state index in [0.29, 0.717) is 26.9 Å². The Kier molecular flexibility index (Phi) is 5.37. The Morgan fingerprint density at radius 2 is 1.63 bits per heavy atom. The molecular formula is C24H17Cl2NO3. The highest BCUT2D eigenvalue weighted by molar-refractivity contribution is 6.51. The van der Waals surface area contributed by atoms with E-state index in [-0.39, 0.29) is 11.3 Å². The summed E-state index contributed by atoms with van der Waals surface area (Å²) in [6.45, 7) is 1.90. The topological polar surface area (TPSA) is 57.6 Å². The van der Waals surface area contributed by atoms with Crippen molar-refractivity contribution in [1.82, 2.24) is 0 Å². The Morgan fingerprint density at radius 3 is 2.30 bits per heavy atom. The van der Waals surface area contributed by atoms with E-state index in [9.17, 15) is 14.7 Å². The van der Waals surface area contributed by atoms with Crippen molar-refractivity contribution >= 4 is 46.3 Å². The Balaban J connectivity index is 1.98. The average Bonchev–Trinajstić information content (AvgIpc) is 3.01. The second kappa shape index (κ2) is 7.98. The molecule has 1 N–H and O–H groups in total. The number of amides is 1. The fourth-order valence-electron chi connectivity index (χ4n) is 3.63. The number of rotatable bonds is 3. The van der Waals surface area contributed by atoms with Crippen LogP contribution in [0.2, 0.25) is 10.0 Å². The van der Waals surface area contributed by atoms with Gasteiger partial charge in [0.1, 0.15) is 5.76 Å². The number of nitrogens with zero attached hydrogens (tertiary/aromatic N) is 1. The van der Waals surface area contributed by atoms with Crippen molar-refractivity contribution in [1.29, 1.82) is 0 Å². The van der Waals surface area contributed by atoms with Crippen molar-refractivity contribution in [3.05, 3.63) is 105 Å². The summed E-state index contributed by atoms with van der Waals surface area (Å²) < 4.78 is 0. The van der Waals surface area contributed by atoms with Crippen LogP contribution in [-0.2, 0) is 9.59 Å². The summed E-state index contributed by atoms with van der Waals surface area (Å²) in [5.74, 6) is -1.71. The number of benzene rings is 3. The first-order chi connectivity index (χ1) is 14.4. The molecule has 0 saturated carbocycles. The third kappa shape index (κ3) is 3.49. The number of ketones is 1. The number of carbonyl (C=O) groups is 2. The molecule has 1 atom stereocenters. The molecule has 0 aliphatic carbocycles. The maximum atomic E-state index is 13.1. The van der Waals surface area contributed by atoms with Crippen LogP contribution in [0, 0.1) is 6.92 Å². The fourth-order valence-corrected chi connectivity index (χ4v) is 3.93. The number of halogens is 2. The monoisotopic (exact) mass is 437 g/mol. The number of hydrogen-bond donors (Lipinski definition) is 1. The molecule has 3 aromatic carbocycles. The molecule has 1 heterocycles. The summed E-state index contributed by atoms with van der Waals surface area (Å²) in [5, 5.41) is 11.7. The smallest absolute Gasteiger partial charge is 0.300 e. The summed E-state index contributed by atoms with van der Waals surface area (Å²) in [6.07, 6.45) is 0. The standard InChI is InChI=1S/C24H17Cl2NO3/c1-14-6-5-9-17(12-14)27-21(16-10-11-18(25)19(26)13-16)20(23(29)24(27)30)22(28)15-7-3-2-4-8-15/h2-13,21,28H,1H3/b22-20-. The van der Waals surface area contributed by atoms with Crippen molar-refractivity contribution in [3.63, 3.8) is 0 Å². The molecule has 0 radical (unpaired) electrons. The Hall–Kier alpha value is -3.08. The number of carbonyl (C=O) groups excluding carboxylic acids is 2. The van der Waals surface area contributed by atoms with Gasteiger partial charge in [-0.15, -0.1) is 0 Å². The molecule has 3 aromatic rings. The number of aryl methyl sites for hydroxylation is 1. The van der Waals surface area contributed by atoms with Crippen LogP contribution in [0.3, 0.4) is 0 Å². The normalized spacial score (nSPS) is 18.1. The first kappa shape index (κ1) is 20.2. The highest BCUT2D eigenvalue weighted by Gasteiger charge is 2.47. The van der Waals surface area contributed by atoms with E-state index in [4.69, 9.17) is 23.2 Å². The third-order valence-electron chi connectivity index (χ3n) is 5.03. The van der Waals surface area contributed by atoms with E-state index in [1.807, 2.05) is 25.1 Å². The lowest BCUT2D eigenvalue weighted by Gasteiger charge is -2.26. The second-order valence-corrected chi connectivity index (χ2v) is 7.86. The molecule has 1 saturated heterocycles. The molecule has 0 aromatic heterocycles. The molecule has 1 unspecified atom stereocenters. The largest absolute Gasteiger partial charge is 0.507 e. The van der Waals surface area contributed by atoms with Crippen molar-refractivity contribution in [2.45, 2.75) is 13.0 Å². The maximum Gasteiger partial charge on any atom is 0.300 e. The Labute approximate surface area is 184 Å². The third-order valence-corrected chi connectivity index (χ3v) is 5.77. The van der Waals surface area contributed by atoms with Crippen molar-refractivity contribution in [2.75, 3.05) is 4.90 Å². The minimum absolute atomic E-state index is 0.00564. The zero-order valence-corrected chi connectivity index (χ0v) is 17.5. The van der Waals surface area contributed by atoms with Crippen LogP contribution in [0.15, 0.2) is 78.4 Å². The fraction of sp³-hybridized carbons (Fsp3) is 0.0833. The van der Waals surface area contributed by atoms with Crippen molar-refractivity contribution in [2.24, 2.45) is 0 Å². The summed E-state index contributed by atoms with van der Waals surface area (Å²) >= 11 is 12.3. The van der Waals surface area contributed by atoms with E-state index in [0.717, 1.165) is 5.56 Å². The second-order valence-electron chi connectivity index (χ2n) is 7.05. The van der Waals surface area contributed by atoms with Crippen molar-refractivity contribution in [3.8, 4) is 0 Å². The summed E-state index contributed by atoms with van der Waals surface area (Å²) in [4.78, 5) is 27.5. The van der Waals surface area contributed by atoms with Gasteiger partial charge in [-0.3, -0.25) is 14.5 Å². The predicted molar refractivity (Wildman–Crippen MR) is 119 cm³/mol. The van der Waals surface area contributed by atoms with Crippen LogP contribution in [0.4, 0.5) is 5.69 Å². The number of aliphatic hydroxyl groups is 1. The van der Waals surface area contributed by atoms with Crippen molar-refractivity contribution < 1.29 is 14.7 Å². The number of aliphatic hydroxyl groups excluding tert-OH is 1. The van der Waals surface area contributed by atoms with Gasteiger partial charge in [-0.2, -0.15) is 0 Å². The Morgan fingerprint density at radius 1 is 0.900 bits per heavy atom. The number of Topliss-reactive ketones (excluding diaryl/α,β-unsaturated/α-hetero) is 1.